The molecule has 1 atom stereocenters. The molecule has 0 aromatic rings. The monoisotopic (exact) mass is 314 g/mol. The molecular formula is C19H38O3. The van der Waals surface area contributed by atoms with Gasteiger partial charge in [0, 0.05) is 13.0 Å². The average molecular weight is 315 g/mol. The fourth-order valence-electron chi connectivity index (χ4n) is 2.58. The van der Waals surface area contributed by atoms with E-state index in [0.29, 0.717) is 12.5 Å². The van der Waals surface area contributed by atoms with Gasteiger partial charge in [-0.05, 0) is 26.2 Å². The third kappa shape index (κ3) is 15.8. The Hall–Kier alpha value is -0.570. The molecule has 22 heavy (non-hydrogen) atoms. The molecule has 0 amide bonds. The Labute approximate surface area is 138 Å². The van der Waals surface area contributed by atoms with Crippen LogP contribution in [-0.2, 0) is 14.3 Å². The summed E-state index contributed by atoms with van der Waals surface area (Å²) in [5.41, 5.74) is 0. The van der Waals surface area contributed by atoms with Crippen molar-refractivity contribution in [3.05, 3.63) is 0 Å². The molecule has 0 rings (SSSR count). The number of unbranched alkanes of at least 4 members (excludes halogenated alkanes) is 9. The predicted molar refractivity (Wildman–Crippen MR) is 93.1 cm³/mol. The first kappa shape index (κ1) is 21.4. The van der Waals surface area contributed by atoms with Gasteiger partial charge < -0.3 is 9.47 Å². The Kier molecular flexibility index (Phi) is 16.4. The number of rotatable bonds is 16. The lowest BCUT2D eigenvalue weighted by molar-refractivity contribution is -0.140. The van der Waals surface area contributed by atoms with E-state index < -0.39 is 0 Å². The van der Waals surface area contributed by atoms with Crippen LogP contribution in [0.1, 0.15) is 97.3 Å². The fraction of sp³-hybridized carbons (Fsp3) is 0.947. The first-order valence-corrected chi connectivity index (χ1v) is 9.39. The molecule has 1 unspecified atom stereocenters. The van der Waals surface area contributed by atoms with Crippen LogP contribution in [0.4, 0.5) is 0 Å². The van der Waals surface area contributed by atoms with E-state index in [0.717, 1.165) is 25.9 Å². The second-order valence-corrected chi connectivity index (χ2v) is 6.33. The van der Waals surface area contributed by atoms with E-state index in [2.05, 4.69) is 18.6 Å². The summed E-state index contributed by atoms with van der Waals surface area (Å²) < 4.78 is 10.5. The van der Waals surface area contributed by atoms with Crippen molar-refractivity contribution in [1.29, 1.82) is 0 Å². The van der Waals surface area contributed by atoms with E-state index in [1.54, 1.807) is 0 Å². The van der Waals surface area contributed by atoms with Gasteiger partial charge in [-0.1, -0.05) is 64.7 Å². The third-order valence-corrected chi connectivity index (χ3v) is 4.12. The number of methoxy groups -OCH3 is 1. The summed E-state index contributed by atoms with van der Waals surface area (Å²) in [5, 5.41) is 0. The molecule has 0 heterocycles. The van der Waals surface area contributed by atoms with E-state index in [-0.39, 0.29) is 5.97 Å². The topological polar surface area (TPSA) is 35.5 Å². The zero-order chi connectivity index (χ0) is 16.5. The summed E-state index contributed by atoms with van der Waals surface area (Å²) in [6.45, 7) is 5.37. The Morgan fingerprint density at radius 3 is 2.14 bits per heavy atom. The molecule has 0 aliphatic heterocycles. The molecule has 0 bridgehead atoms. The maximum atomic E-state index is 10.9. The number of ether oxygens (including phenoxy) is 2. The minimum absolute atomic E-state index is 0.0864. The molecule has 3 heteroatoms. The van der Waals surface area contributed by atoms with Crippen LogP contribution in [-0.4, -0.2) is 25.8 Å². The van der Waals surface area contributed by atoms with Crippen LogP contribution in [0.3, 0.4) is 0 Å². The van der Waals surface area contributed by atoms with Gasteiger partial charge in [-0.15, -0.1) is 0 Å². The zero-order valence-electron chi connectivity index (χ0n) is 15.2. The first-order chi connectivity index (χ1) is 10.7. The molecule has 0 fully saturated rings. The molecule has 132 valence electrons. The smallest absolute Gasteiger partial charge is 0.305 e. The average Bonchev–Trinajstić information content (AvgIpc) is 2.52. The van der Waals surface area contributed by atoms with E-state index >= 15 is 0 Å². The highest BCUT2D eigenvalue weighted by Gasteiger charge is 2.03. The van der Waals surface area contributed by atoms with Gasteiger partial charge in [0.2, 0.25) is 0 Å². The lowest BCUT2D eigenvalue weighted by atomic mass is 10.1. The Balaban J connectivity index is 3.19. The number of hydrogen-bond donors (Lipinski definition) is 0. The largest absolute Gasteiger partial charge is 0.469 e. The zero-order valence-corrected chi connectivity index (χ0v) is 15.2. The molecule has 0 saturated carbocycles. The minimum atomic E-state index is -0.0864. The Morgan fingerprint density at radius 2 is 1.45 bits per heavy atom. The van der Waals surface area contributed by atoms with Crippen LogP contribution in [0.25, 0.3) is 0 Å². The normalized spacial score (nSPS) is 12.3. The molecule has 0 spiro atoms. The molecule has 0 aliphatic carbocycles. The van der Waals surface area contributed by atoms with Crippen molar-refractivity contribution in [1.82, 2.24) is 0 Å². The van der Waals surface area contributed by atoms with E-state index in [9.17, 15) is 4.79 Å². The minimum Gasteiger partial charge on any atom is -0.469 e. The van der Waals surface area contributed by atoms with Gasteiger partial charge >= 0.3 is 5.97 Å². The molecule has 0 aromatic heterocycles. The first-order valence-electron chi connectivity index (χ1n) is 9.39. The summed E-state index contributed by atoms with van der Waals surface area (Å²) in [6.07, 6.45) is 15.8. The highest BCUT2D eigenvalue weighted by molar-refractivity contribution is 5.68. The summed E-state index contributed by atoms with van der Waals surface area (Å²) in [6, 6.07) is 0. The number of carbonyl (C=O) groups excluding carboxylic acids is 1. The standard InChI is InChI=1S/C19H38O3/c1-4-5-6-7-11-14-17-22-18(2)15-12-9-8-10-13-16-19(20)21-3/h18H,4-17H2,1-3H3. The van der Waals surface area contributed by atoms with Gasteiger partial charge in [0.1, 0.15) is 0 Å². The highest BCUT2D eigenvalue weighted by atomic mass is 16.5. The van der Waals surface area contributed by atoms with Gasteiger partial charge in [0.25, 0.3) is 0 Å². The lowest BCUT2D eigenvalue weighted by Gasteiger charge is -2.12. The van der Waals surface area contributed by atoms with Gasteiger partial charge in [0.15, 0.2) is 0 Å². The van der Waals surface area contributed by atoms with Gasteiger partial charge in [-0.2, -0.15) is 0 Å². The number of esters is 1. The molecule has 0 saturated heterocycles. The van der Waals surface area contributed by atoms with Crippen LogP contribution in [0.2, 0.25) is 0 Å². The van der Waals surface area contributed by atoms with E-state index in [4.69, 9.17) is 4.74 Å². The quantitative estimate of drug-likeness (QED) is 0.272. The van der Waals surface area contributed by atoms with Crippen molar-refractivity contribution < 1.29 is 14.3 Å². The Bertz CT molecular complexity index is 241. The summed E-state index contributed by atoms with van der Waals surface area (Å²) in [7, 11) is 1.45. The SMILES string of the molecule is CCCCCCCCOC(C)CCCCCCCC(=O)OC. The fourth-order valence-corrected chi connectivity index (χ4v) is 2.58. The summed E-state index contributed by atoms with van der Waals surface area (Å²) in [4.78, 5) is 10.9. The maximum Gasteiger partial charge on any atom is 0.305 e. The van der Waals surface area contributed by atoms with Crippen molar-refractivity contribution in [2.45, 2.75) is 103 Å². The molecule has 0 aromatic carbocycles. The molecule has 3 nitrogen and oxygen atoms in total. The maximum absolute atomic E-state index is 10.9. The van der Waals surface area contributed by atoms with Crippen molar-refractivity contribution >= 4 is 5.97 Å². The van der Waals surface area contributed by atoms with Crippen LogP contribution >= 0.6 is 0 Å². The Morgan fingerprint density at radius 1 is 0.864 bits per heavy atom. The van der Waals surface area contributed by atoms with Crippen LogP contribution in [0, 0.1) is 0 Å². The molecule has 0 radical (unpaired) electrons. The molecular weight excluding hydrogens is 276 g/mol. The second kappa shape index (κ2) is 16.8. The van der Waals surface area contributed by atoms with Crippen LogP contribution < -0.4 is 0 Å². The molecule has 0 aliphatic rings. The number of hydrogen-bond acceptors (Lipinski definition) is 3. The van der Waals surface area contributed by atoms with Gasteiger partial charge in [-0.3, -0.25) is 4.79 Å². The van der Waals surface area contributed by atoms with E-state index in [1.165, 1.54) is 64.9 Å². The van der Waals surface area contributed by atoms with Crippen molar-refractivity contribution in [2.75, 3.05) is 13.7 Å². The molecule has 0 N–H and O–H groups in total. The van der Waals surface area contributed by atoms with Crippen molar-refractivity contribution in [3.63, 3.8) is 0 Å². The van der Waals surface area contributed by atoms with Crippen molar-refractivity contribution in [2.24, 2.45) is 0 Å². The van der Waals surface area contributed by atoms with Crippen molar-refractivity contribution in [3.8, 4) is 0 Å². The summed E-state index contributed by atoms with van der Waals surface area (Å²) in [5.74, 6) is -0.0864. The predicted octanol–water partition coefficient (Wildman–Crippen LogP) is 5.66. The summed E-state index contributed by atoms with van der Waals surface area (Å²) >= 11 is 0. The lowest BCUT2D eigenvalue weighted by Crippen LogP contribution is -2.09. The highest BCUT2D eigenvalue weighted by Crippen LogP contribution is 2.11. The van der Waals surface area contributed by atoms with Crippen LogP contribution in [0.15, 0.2) is 0 Å². The third-order valence-electron chi connectivity index (χ3n) is 4.12. The second-order valence-electron chi connectivity index (χ2n) is 6.33. The van der Waals surface area contributed by atoms with Gasteiger partial charge in [0.05, 0.1) is 13.2 Å². The van der Waals surface area contributed by atoms with Crippen LogP contribution in [0.5, 0.6) is 0 Å². The van der Waals surface area contributed by atoms with Gasteiger partial charge in [-0.25, -0.2) is 0 Å². The van der Waals surface area contributed by atoms with E-state index in [1.807, 2.05) is 0 Å². The number of carbonyl (C=O) groups is 1.